The van der Waals surface area contributed by atoms with Gasteiger partial charge in [-0.05, 0) is 57.0 Å². The van der Waals surface area contributed by atoms with Crippen LogP contribution in [0, 0.1) is 20.8 Å². The third-order valence-electron chi connectivity index (χ3n) is 4.81. The van der Waals surface area contributed by atoms with E-state index in [4.69, 9.17) is 0 Å². The molecular formula is C22H26N4O3S2. The molecule has 9 heteroatoms. The summed E-state index contributed by atoms with van der Waals surface area (Å²) < 4.78 is 27.3. The van der Waals surface area contributed by atoms with Crippen LogP contribution >= 0.6 is 11.8 Å². The topological polar surface area (TPSA) is 93.9 Å². The normalized spacial score (nSPS) is 11.5. The number of aryl methyl sites for hydroxylation is 3. The Labute approximate surface area is 187 Å². The van der Waals surface area contributed by atoms with Gasteiger partial charge >= 0.3 is 0 Å². The van der Waals surface area contributed by atoms with Gasteiger partial charge < -0.3 is 9.88 Å². The molecule has 0 atom stereocenters. The molecule has 1 amide bonds. The molecule has 0 saturated heterocycles. The summed E-state index contributed by atoms with van der Waals surface area (Å²) in [5.74, 6) is 0.112. The molecular weight excluding hydrogens is 432 g/mol. The van der Waals surface area contributed by atoms with Crippen molar-refractivity contribution in [1.29, 1.82) is 0 Å². The molecule has 0 aliphatic rings. The largest absolute Gasteiger partial charge is 0.325 e. The number of sulfone groups is 1. The number of anilines is 1. The van der Waals surface area contributed by atoms with Gasteiger partial charge in [0, 0.05) is 12.2 Å². The van der Waals surface area contributed by atoms with Crippen LogP contribution in [0.25, 0.3) is 0 Å². The lowest BCUT2D eigenvalue weighted by Gasteiger charge is -2.10. The maximum atomic E-state index is 12.8. The number of thioether (sulfide) groups is 1. The zero-order valence-corrected chi connectivity index (χ0v) is 19.7. The number of nitrogens with zero attached hydrogens (tertiary/aromatic N) is 3. The molecule has 0 fully saturated rings. The summed E-state index contributed by atoms with van der Waals surface area (Å²) in [6.07, 6.45) is 0. The average molecular weight is 459 g/mol. The Kier molecular flexibility index (Phi) is 7.17. The van der Waals surface area contributed by atoms with Crippen LogP contribution in [-0.4, -0.2) is 34.8 Å². The molecule has 1 aromatic heterocycles. The van der Waals surface area contributed by atoms with Gasteiger partial charge in [-0.1, -0.05) is 41.6 Å². The van der Waals surface area contributed by atoms with E-state index in [1.54, 1.807) is 28.8 Å². The minimum Gasteiger partial charge on any atom is -0.325 e. The van der Waals surface area contributed by atoms with Gasteiger partial charge in [0.25, 0.3) is 0 Å². The van der Waals surface area contributed by atoms with Gasteiger partial charge in [-0.25, -0.2) is 8.42 Å². The summed E-state index contributed by atoms with van der Waals surface area (Å²) in [5, 5.41) is 11.6. The van der Waals surface area contributed by atoms with Crippen LogP contribution in [0.3, 0.4) is 0 Å². The van der Waals surface area contributed by atoms with E-state index >= 15 is 0 Å². The molecule has 0 aliphatic heterocycles. The monoisotopic (exact) mass is 458 g/mol. The van der Waals surface area contributed by atoms with Gasteiger partial charge in [-0.15, -0.1) is 10.2 Å². The van der Waals surface area contributed by atoms with E-state index in [-0.39, 0.29) is 22.3 Å². The molecule has 31 heavy (non-hydrogen) atoms. The summed E-state index contributed by atoms with van der Waals surface area (Å²) in [7, 11) is -3.54. The number of aromatic nitrogens is 3. The summed E-state index contributed by atoms with van der Waals surface area (Å²) in [6, 6.07) is 12.6. The second-order valence-corrected chi connectivity index (χ2v) is 10.3. The summed E-state index contributed by atoms with van der Waals surface area (Å²) >= 11 is 1.24. The second kappa shape index (κ2) is 9.65. The zero-order valence-electron chi connectivity index (χ0n) is 18.0. The van der Waals surface area contributed by atoms with Crippen LogP contribution in [-0.2, 0) is 26.9 Å². The van der Waals surface area contributed by atoms with Crippen LogP contribution in [0.5, 0.6) is 0 Å². The fraction of sp³-hybridized carbons (Fsp3) is 0.318. The Morgan fingerprint density at radius 2 is 1.71 bits per heavy atom. The first-order valence-electron chi connectivity index (χ1n) is 9.91. The highest BCUT2D eigenvalue weighted by molar-refractivity contribution is 7.99. The molecule has 0 saturated carbocycles. The van der Waals surface area contributed by atoms with E-state index in [1.807, 2.05) is 45.9 Å². The minimum atomic E-state index is -3.54. The number of benzene rings is 2. The summed E-state index contributed by atoms with van der Waals surface area (Å²) in [6.45, 7) is 8.22. The lowest BCUT2D eigenvalue weighted by molar-refractivity contribution is -0.113. The van der Waals surface area contributed by atoms with E-state index in [0.717, 1.165) is 22.4 Å². The van der Waals surface area contributed by atoms with Crippen molar-refractivity contribution in [3.63, 3.8) is 0 Å². The lowest BCUT2D eigenvalue weighted by Crippen LogP contribution is -2.16. The molecule has 3 aromatic rings. The number of nitrogens with one attached hydrogen (secondary N) is 1. The highest BCUT2D eigenvalue weighted by atomic mass is 32.2. The van der Waals surface area contributed by atoms with Crippen molar-refractivity contribution in [1.82, 2.24) is 14.8 Å². The molecule has 0 unspecified atom stereocenters. The van der Waals surface area contributed by atoms with Crippen LogP contribution in [0.1, 0.15) is 29.4 Å². The molecule has 0 bridgehead atoms. The van der Waals surface area contributed by atoms with Crippen molar-refractivity contribution in [3.8, 4) is 0 Å². The summed E-state index contributed by atoms with van der Waals surface area (Å²) in [5.41, 5.74) is 3.84. The molecule has 1 heterocycles. The molecule has 0 aliphatic carbocycles. The Morgan fingerprint density at radius 1 is 1.03 bits per heavy atom. The Balaban J connectivity index is 1.69. The Hall–Kier alpha value is -2.65. The first-order chi connectivity index (χ1) is 14.7. The number of carbonyl (C=O) groups is 1. The van der Waals surface area contributed by atoms with E-state index in [0.29, 0.717) is 17.5 Å². The highest BCUT2D eigenvalue weighted by Crippen LogP contribution is 2.22. The van der Waals surface area contributed by atoms with E-state index in [9.17, 15) is 13.2 Å². The fourth-order valence-electron chi connectivity index (χ4n) is 3.04. The van der Waals surface area contributed by atoms with E-state index in [2.05, 4.69) is 15.5 Å². The standard InChI is InChI=1S/C22H26N4O3S2/c1-5-26-20(14-31(28,29)18-10-7-15(2)8-11-18)24-25-22(26)30-13-21(27)23-19-12-16(3)6-9-17(19)4/h6-12H,5,13-14H2,1-4H3,(H,23,27). The summed E-state index contributed by atoms with van der Waals surface area (Å²) in [4.78, 5) is 12.7. The maximum absolute atomic E-state index is 12.8. The molecule has 1 N–H and O–H groups in total. The number of hydrogen-bond donors (Lipinski definition) is 1. The molecule has 3 rings (SSSR count). The number of carbonyl (C=O) groups excluding carboxylic acids is 1. The van der Waals surface area contributed by atoms with Crippen LogP contribution in [0.15, 0.2) is 52.5 Å². The van der Waals surface area contributed by atoms with Crippen molar-refractivity contribution in [3.05, 3.63) is 65.0 Å². The molecule has 0 spiro atoms. The molecule has 164 valence electrons. The molecule has 0 radical (unpaired) electrons. The van der Waals surface area contributed by atoms with Gasteiger partial charge in [0.15, 0.2) is 15.0 Å². The van der Waals surface area contributed by atoms with Gasteiger partial charge in [0.1, 0.15) is 11.6 Å². The minimum absolute atomic E-state index is 0.149. The van der Waals surface area contributed by atoms with Crippen molar-refractivity contribution in [2.45, 2.75) is 50.0 Å². The van der Waals surface area contributed by atoms with Crippen LogP contribution < -0.4 is 5.32 Å². The van der Waals surface area contributed by atoms with E-state index < -0.39 is 9.84 Å². The average Bonchev–Trinajstić information content (AvgIpc) is 3.10. The Morgan fingerprint density at radius 3 is 2.39 bits per heavy atom. The van der Waals surface area contributed by atoms with Crippen LogP contribution in [0.4, 0.5) is 5.69 Å². The number of hydrogen-bond acceptors (Lipinski definition) is 6. The first-order valence-corrected chi connectivity index (χ1v) is 12.5. The first kappa shape index (κ1) is 23.0. The van der Waals surface area contributed by atoms with Gasteiger partial charge in [-0.2, -0.15) is 0 Å². The SMILES string of the molecule is CCn1c(CS(=O)(=O)c2ccc(C)cc2)nnc1SCC(=O)Nc1cc(C)ccc1C. The molecule has 2 aromatic carbocycles. The third-order valence-corrected chi connectivity index (χ3v) is 7.40. The zero-order chi connectivity index (χ0) is 22.6. The van der Waals surface area contributed by atoms with Crippen LogP contribution in [0.2, 0.25) is 0 Å². The quantitative estimate of drug-likeness (QED) is 0.514. The predicted octanol–water partition coefficient (Wildman–Crippen LogP) is 3.93. The second-order valence-electron chi connectivity index (χ2n) is 7.37. The highest BCUT2D eigenvalue weighted by Gasteiger charge is 2.21. The smallest absolute Gasteiger partial charge is 0.234 e. The molecule has 7 nitrogen and oxygen atoms in total. The van der Waals surface area contributed by atoms with Gasteiger partial charge in [0.05, 0.1) is 10.6 Å². The third kappa shape index (κ3) is 5.74. The number of amides is 1. The predicted molar refractivity (Wildman–Crippen MR) is 123 cm³/mol. The van der Waals surface area contributed by atoms with Gasteiger partial charge in [-0.3, -0.25) is 4.79 Å². The van der Waals surface area contributed by atoms with E-state index in [1.165, 1.54) is 11.8 Å². The lowest BCUT2D eigenvalue weighted by atomic mass is 10.1. The Bertz CT molecular complexity index is 1190. The fourth-order valence-corrected chi connectivity index (χ4v) is 5.13. The van der Waals surface area contributed by atoms with Crippen molar-refractivity contribution in [2.24, 2.45) is 0 Å². The van der Waals surface area contributed by atoms with Gasteiger partial charge in [0.2, 0.25) is 5.91 Å². The van der Waals surface area contributed by atoms with Crippen molar-refractivity contribution < 1.29 is 13.2 Å². The van der Waals surface area contributed by atoms with Crippen molar-refractivity contribution in [2.75, 3.05) is 11.1 Å². The van der Waals surface area contributed by atoms with Crippen molar-refractivity contribution >= 4 is 33.2 Å². The number of rotatable bonds is 8. The maximum Gasteiger partial charge on any atom is 0.234 e.